The van der Waals surface area contributed by atoms with E-state index in [4.69, 9.17) is 5.73 Å². The molecule has 0 aliphatic heterocycles. The van der Waals surface area contributed by atoms with Crippen molar-refractivity contribution >= 4 is 5.91 Å². The molecule has 0 spiro atoms. The van der Waals surface area contributed by atoms with Crippen molar-refractivity contribution in [1.82, 2.24) is 10.3 Å². The van der Waals surface area contributed by atoms with Crippen LogP contribution in [0.3, 0.4) is 0 Å². The van der Waals surface area contributed by atoms with Crippen LogP contribution in [-0.2, 0) is 6.54 Å². The van der Waals surface area contributed by atoms with Gasteiger partial charge in [-0.2, -0.15) is 0 Å². The van der Waals surface area contributed by atoms with Gasteiger partial charge < -0.3 is 11.1 Å². The second-order valence-corrected chi connectivity index (χ2v) is 3.70. The van der Waals surface area contributed by atoms with E-state index in [-0.39, 0.29) is 5.91 Å². The number of amides is 1. The van der Waals surface area contributed by atoms with Crippen LogP contribution in [0, 0.1) is 0 Å². The van der Waals surface area contributed by atoms with Crippen molar-refractivity contribution in [3.63, 3.8) is 0 Å². The lowest BCUT2D eigenvalue weighted by atomic mass is 10.2. The Bertz CT molecular complexity index is 339. The minimum Gasteiger partial charge on any atom is -0.352 e. The van der Waals surface area contributed by atoms with Gasteiger partial charge in [-0.25, -0.2) is 0 Å². The quantitative estimate of drug-likeness (QED) is 0.715. The van der Waals surface area contributed by atoms with Gasteiger partial charge in [0.1, 0.15) is 0 Å². The molecule has 1 heterocycles. The Labute approximate surface area is 96.3 Å². The van der Waals surface area contributed by atoms with E-state index in [1.165, 1.54) is 0 Å². The van der Waals surface area contributed by atoms with Crippen LogP contribution in [0.15, 0.2) is 18.3 Å². The van der Waals surface area contributed by atoms with Crippen LogP contribution in [0.25, 0.3) is 0 Å². The number of nitrogens with zero attached hydrogens (tertiary/aromatic N) is 1. The number of unbranched alkanes of at least 4 members (excludes halogenated alkanes) is 2. The average Bonchev–Trinajstić information content (AvgIpc) is 2.34. The van der Waals surface area contributed by atoms with E-state index in [0.717, 1.165) is 31.5 Å². The van der Waals surface area contributed by atoms with Crippen molar-refractivity contribution in [3.05, 3.63) is 29.6 Å². The van der Waals surface area contributed by atoms with Gasteiger partial charge in [-0.15, -0.1) is 0 Å². The van der Waals surface area contributed by atoms with Crippen LogP contribution in [-0.4, -0.2) is 17.4 Å². The van der Waals surface area contributed by atoms with Crippen molar-refractivity contribution in [1.29, 1.82) is 0 Å². The first-order chi connectivity index (χ1) is 7.77. The lowest BCUT2D eigenvalue weighted by molar-refractivity contribution is 0.0952. The molecule has 1 rings (SSSR count). The number of pyridine rings is 1. The molecule has 0 unspecified atom stereocenters. The van der Waals surface area contributed by atoms with Crippen LogP contribution >= 0.6 is 0 Å². The third kappa shape index (κ3) is 3.98. The second kappa shape index (κ2) is 6.95. The Balaban J connectivity index is 2.46. The van der Waals surface area contributed by atoms with Crippen LogP contribution in [0.4, 0.5) is 0 Å². The molecule has 0 aromatic carbocycles. The number of rotatable bonds is 6. The topological polar surface area (TPSA) is 68.0 Å². The van der Waals surface area contributed by atoms with Crippen molar-refractivity contribution < 1.29 is 4.79 Å². The maximum Gasteiger partial charge on any atom is 0.251 e. The summed E-state index contributed by atoms with van der Waals surface area (Å²) in [5.74, 6) is -0.0480. The monoisotopic (exact) mass is 221 g/mol. The fourth-order valence-electron chi connectivity index (χ4n) is 1.41. The minimum absolute atomic E-state index is 0.0480. The van der Waals surface area contributed by atoms with Crippen LogP contribution in [0.5, 0.6) is 0 Å². The molecule has 3 N–H and O–H groups in total. The highest BCUT2D eigenvalue weighted by molar-refractivity contribution is 5.94. The Morgan fingerprint density at radius 3 is 3.00 bits per heavy atom. The third-order valence-corrected chi connectivity index (χ3v) is 2.35. The van der Waals surface area contributed by atoms with Crippen LogP contribution in [0.1, 0.15) is 42.2 Å². The molecule has 0 saturated carbocycles. The summed E-state index contributed by atoms with van der Waals surface area (Å²) in [7, 11) is 0. The summed E-state index contributed by atoms with van der Waals surface area (Å²) in [4.78, 5) is 15.7. The first kappa shape index (κ1) is 12.6. The van der Waals surface area contributed by atoms with E-state index in [0.29, 0.717) is 12.1 Å². The van der Waals surface area contributed by atoms with E-state index >= 15 is 0 Å². The van der Waals surface area contributed by atoms with Gasteiger partial charge in [0.25, 0.3) is 5.91 Å². The van der Waals surface area contributed by atoms with Gasteiger partial charge in [-0.3, -0.25) is 9.78 Å². The molecule has 0 saturated heterocycles. The molecule has 0 radical (unpaired) electrons. The zero-order valence-corrected chi connectivity index (χ0v) is 9.70. The zero-order chi connectivity index (χ0) is 11.8. The van der Waals surface area contributed by atoms with E-state index in [9.17, 15) is 4.79 Å². The summed E-state index contributed by atoms with van der Waals surface area (Å²) < 4.78 is 0. The van der Waals surface area contributed by atoms with Gasteiger partial charge in [-0.05, 0) is 18.6 Å². The maximum atomic E-state index is 11.7. The van der Waals surface area contributed by atoms with Gasteiger partial charge in [0.05, 0.1) is 5.69 Å². The molecule has 0 atom stereocenters. The largest absolute Gasteiger partial charge is 0.352 e. The van der Waals surface area contributed by atoms with Crippen LogP contribution in [0.2, 0.25) is 0 Å². The molecule has 88 valence electrons. The average molecular weight is 221 g/mol. The smallest absolute Gasteiger partial charge is 0.251 e. The summed E-state index contributed by atoms with van der Waals surface area (Å²) in [6.07, 6.45) is 4.94. The molecular formula is C12H19N3O. The van der Waals surface area contributed by atoms with Gasteiger partial charge >= 0.3 is 0 Å². The molecule has 0 aliphatic carbocycles. The minimum atomic E-state index is -0.0480. The van der Waals surface area contributed by atoms with Gasteiger partial charge in [0.15, 0.2) is 0 Å². The Kier molecular flexibility index (Phi) is 5.50. The standard InChI is InChI=1S/C12H19N3O/c1-2-3-4-6-15-12(16)10-5-7-14-11(8-10)9-13/h5,7-8H,2-4,6,9,13H2,1H3,(H,15,16). The molecule has 4 heteroatoms. The fourth-order valence-corrected chi connectivity index (χ4v) is 1.41. The SMILES string of the molecule is CCCCCNC(=O)c1ccnc(CN)c1. The predicted molar refractivity (Wildman–Crippen MR) is 64.0 cm³/mol. The van der Waals surface area contributed by atoms with Crippen molar-refractivity contribution in [2.24, 2.45) is 5.73 Å². The molecule has 0 bridgehead atoms. The Morgan fingerprint density at radius 2 is 2.31 bits per heavy atom. The highest BCUT2D eigenvalue weighted by Gasteiger charge is 2.05. The van der Waals surface area contributed by atoms with Gasteiger partial charge in [-0.1, -0.05) is 19.8 Å². The molecular weight excluding hydrogens is 202 g/mol. The Hall–Kier alpha value is -1.42. The number of carbonyl (C=O) groups excluding carboxylic acids is 1. The number of nitrogens with one attached hydrogen (secondary N) is 1. The maximum absolute atomic E-state index is 11.7. The highest BCUT2D eigenvalue weighted by Crippen LogP contribution is 2.01. The summed E-state index contributed by atoms with van der Waals surface area (Å²) in [6, 6.07) is 3.43. The lowest BCUT2D eigenvalue weighted by Crippen LogP contribution is -2.24. The number of hydrogen-bond acceptors (Lipinski definition) is 3. The summed E-state index contributed by atoms with van der Waals surface area (Å²) in [5.41, 5.74) is 6.83. The number of nitrogens with two attached hydrogens (primary N) is 1. The van der Waals surface area contributed by atoms with Gasteiger partial charge in [0.2, 0.25) is 0 Å². The lowest BCUT2D eigenvalue weighted by Gasteiger charge is -2.05. The number of hydrogen-bond donors (Lipinski definition) is 2. The van der Waals surface area contributed by atoms with Crippen molar-refractivity contribution in [3.8, 4) is 0 Å². The Morgan fingerprint density at radius 1 is 1.50 bits per heavy atom. The molecule has 0 fully saturated rings. The number of carbonyl (C=O) groups is 1. The van der Waals surface area contributed by atoms with Gasteiger partial charge in [0, 0.05) is 24.8 Å². The summed E-state index contributed by atoms with van der Waals surface area (Å²) in [5, 5.41) is 2.88. The van der Waals surface area contributed by atoms with Crippen LogP contribution < -0.4 is 11.1 Å². The highest BCUT2D eigenvalue weighted by atomic mass is 16.1. The van der Waals surface area contributed by atoms with Crippen molar-refractivity contribution in [2.75, 3.05) is 6.54 Å². The van der Waals surface area contributed by atoms with E-state index in [1.54, 1.807) is 18.3 Å². The second-order valence-electron chi connectivity index (χ2n) is 3.70. The van der Waals surface area contributed by atoms with Crippen molar-refractivity contribution in [2.45, 2.75) is 32.7 Å². The normalized spacial score (nSPS) is 10.1. The molecule has 16 heavy (non-hydrogen) atoms. The summed E-state index contributed by atoms with van der Waals surface area (Å²) >= 11 is 0. The molecule has 1 aromatic rings. The molecule has 1 aromatic heterocycles. The first-order valence-corrected chi connectivity index (χ1v) is 5.71. The summed E-state index contributed by atoms with van der Waals surface area (Å²) in [6.45, 7) is 3.22. The van der Waals surface area contributed by atoms with E-state index < -0.39 is 0 Å². The fraction of sp³-hybridized carbons (Fsp3) is 0.500. The predicted octanol–water partition coefficient (Wildman–Crippen LogP) is 1.46. The molecule has 1 amide bonds. The van der Waals surface area contributed by atoms with E-state index in [1.807, 2.05) is 0 Å². The van der Waals surface area contributed by atoms with E-state index in [2.05, 4.69) is 17.2 Å². The third-order valence-electron chi connectivity index (χ3n) is 2.35. The zero-order valence-electron chi connectivity index (χ0n) is 9.70. The molecule has 0 aliphatic rings. The molecule has 4 nitrogen and oxygen atoms in total. The number of aromatic nitrogens is 1. The first-order valence-electron chi connectivity index (χ1n) is 5.71.